The number of thiophene rings is 1. The molecule has 0 unspecified atom stereocenters. The average Bonchev–Trinajstić information content (AvgIpc) is 3.40. The molecule has 0 aliphatic carbocycles. The normalized spacial score (nSPS) is 22.3. The maximum absolute atomic E-state index is 13.4. The second-order valence-electron chi connectivity index (χ2n) is 7.42. The van der Waals surface area contributed by atoms with Crippen LogP contribution in [0.3, 0.4) is 0 Å². The molecule has 4 heterocycles. The van der Waals surface area contributed by atoms with Crippen LogP contribution in [0.5, 0.6) is 0 Å². The molecule has 3 aromatic rings. The lowest BCUT2D eigenvalue weighted by Gasteiger charge is -2.20. The van der Waals surface area contributed by atoms with Gasteiger partial charge in [-0.15, -0.1) is 21.5 Å². The highest BCUT2D eigenvalue weighted by atomic mass is 35.5. The summed E-state index contributed by atoms with van der Waals surface area (Å²) in [7, 11) is -3.59. The Bertz CT molecular complexity index is 1160. The van der Waals surface area contributed by atoms with Crippen molar-refractivity contribution in [1.29, 1.82) is 0 Å². The fraction of sp³-hybridized carbons (Fsp3) is 0.368. The van der Waals surface area contributed by atoms with Gasteiger partial charge < -0.3 is 4.57 Å². The second kappa shape index (κ2) is 7.16. The first-order valence-corrected chi connectivity index (χ1v) is 12.0. The monoisotopic (exact) mass is 452 g/mol. The fourth-order valence-corrected chi connectivity index (χ4v) is 7.46. The molecule has 6 nitrogen and oxygen atoms in total. The van der Waals surface area contributed by atoms with Gasteiger partial charge in [0.15, 0.2) is 5.82 Å². The molecular formula is C19H18ClFN4O2S2. The van der Waals surface area contributed by atoms with Crippen LogP contribution in [0.1, 0.15) is 24.7 Å². The number of aryl methyl sites for hydroxylation is 1. The maximum atomic E-state index is 13.4. The maximum Gasteiger partial charge on any atom is 0.252 e. The number of rotatable bonds is 3. The summed E-state index contributed by atoms with van der Waals surface area (Å²) < 4.78 is 43.9. The summed E-state index contributed by atoms with van der Waals surface area (Å²) in [5.41, 5.74) is 0.775. The number of fused-ring (bicyclic) bond motifs is 3. The summed E-state index contributed by atoms with van der Waals surface area (Å²) in [5.74, 6) is 1.39. The van der Waals surface area contributed by atoms with Crippen LogP contribution in [-0.4, -0.2) is 40.6 Å². The third-order valence-corrected chi connectivity index (χ3v) is 9.22. The quantitative estimate of drug-likeness (QED) is 0.602. The number of hydrogen-bond donors (Lipinski definition) is 0. The molecule has 2 aliphatic heterocycles. The summed E-state index contributed by atoms with van der Waals surface area (Å²) in [6.07, 6.45) is 2.66. The van der Waals surface area contributed by atoms with Crippen LogP contribution < -0.4 is 0 Å². The van der Waals surface area contributed by atoms with Gasteiger partial charge in [0, 0.05) is 25.1 Å². The Morgan fingerprint density at radius 2 is 1.90 bits per heavy atom. The third kappa shape index (κ3) is 3.30. The van der Waals surface area contributed by atoms with Crippen LogP contribution >= 0.6 is 22.9 Å². The summed E-state index contributed by atoms with van der Waals surface area (Å²) in [6.45, 7) is 0.824. The molecule has 2 aliphatic rings. The van der Waals surface area contributed by atoms with Gasteiger partial charge in [0.25, 0.3) is 10.0 Å². The summed E-state index contributed by atoms with van der Waals surface area (Å²) in [6, 6.07) is 9.29. The van der Waals surface area contributed by atoms with E-state index >= 15 is 0 Å². The number of sulfonamides is 1. The van der Waals surface area contributed by atoms with Gasteiger partial charge in [0.05, 0.1) is 10.4 Å². The minimum Gasteiger partial charge on any atom is -0.306 e. The highest BCUT2D eigenvalue weighted by molar-refractivity contribution is 7.91. The van der Waals surface area contributed by atoms with Crippen LogP contribution in [0.4, 0.5) is 4.39 Å². The molecule has 0 bridgehead atoms. The Balaban J connectivity index is 1.53. The van der Waals surface area contributed by atoms with Gasteiger partial charge in [0.2, 0.25) is 0 Å². The Kier molecular flexibility index (Phi) is 4.73. The average molecular weight is 453 g/mol. The van der Waals surface area contributed by atoms with Crippen LogP contribution in [-0.2, 0) is 16.4 Å². The van der Waals surface area contributed by atoms with Crippen LogP contribution in [0.25, 0.3) is 11.4 Å². The van der Waals surface area contributed by atoms with Crippen molar-refractivity contribution in [1.82, 2.24) is 19.1 Å². The molecule has 0 saturated carbocycles. The Morgan fingerprint density at radius 1 is 1.10 bits per heavy atom. The van der Waals surface area contributed by atoms with Gasteiger partial charge >= 0.3 is 0 Å². The van der Waals surface area contributed by atoms with Crippen molar-refractivity contribution in [2.75, 3.05) is 13.1 Å². The Hall–Kier alpha value is -1.81. The Morgan fingerprint density at radius 3 is 2.62 bits per heavy atom. The largest absolute Gasteiger partial charge is 0.306 e. The molecule has 29 heavy (non-hydrogen) atoms. The number of nitrogens with zero attached hydrogens (tertiary/aromatic N) is 4. The van der Waals surface area contributed by atoms with Crippen molar-refractivity contribution in [2.24, 2.45) is 5.92 Å². The zero-order valence-electron chi connectivity index (χ0n) is 15.3. The molecule has 2 atom stereocenters. The molecule has 0 radical (unpaired) electrons. The predicted octanol–water partition coefficient (Wildman–Crippen LogP) is 4.00. The van der Waals surface area contributed by atoms with E-state index in [4.69, 9.17) is 11.6 Å². The number of halogens is 2. The van der Waals surface area contributed by atoms with Gasteiger partial charge in [-0.3, -0.25) is 0 Å². The molecule has 0 N–H and O–H groups in total. The third-order valence-electron chi connectivity index (χ3n) is 5.69. The van der Waals surface area contributed by atoms with Gasteiger partial charge in [-0.1, -0.05) is 11.6 Å². The number of hydrogen-bond acceptors (Lipinski definition) is 5. The summed E-state index contributed by atoms with van der Waals surface area (Å²) in [5, 5.41) is 8.72. The molecule has 1 aromatic carbocycles. The van der Waals surface area contributed by atoms with Gasteiger partial charge in [-0.05, 0) is 55.2 Å². The highest BCUT2D eigenvalue weighted by Gasteiger charge is 2.43. The molecule has 0 spiro atoms. The first kappa shape index (κ1) is 19.2. The van der Waals surface area contributed by atoms with E-state index in [9.17, 15) is 12.8 Å². The number of benzene rings is 1. The van der Waals surface area contributed by atoms with E-state index in [1.807, 2.05) is 0 Å². The number of aromatic nitrogens is 3. The van der Waals surface area contributed by atoms with E-state index in [0.717, 1.165) is 42.0 Å². The summed E-state index contributed by atoms with van der Waals surface area (Å²) >= 11 is 7.03. The zero-order chi connectivity index (χ0) is 20.2. The zero-order valence-corrected chi connectivity index (χ0v) is 17.7. The van der Waals surface area contributed by atoms with Gasteiger partial charge in [-0.25, -0.2) is 12.8 Å². The molecule has 0 amide bonds. The smallest absolute Gasteiger partial charge is 0.252 e. The Labute approximate surface area is 177 Å². The molecule has 10 heteroatoms. The molecule has 5 rings (SSSR count). The van der Waals surface area contributed by atoms with Crippen molar-refractivity contribution in [3.63, 3.8) is 0 Å². The second-order valence-corrected chi connectivity index (χ2v) is 11.3. The topological polar surface area (TPSA) is 68.1 Å². The lowest BCUT2D eigenvalue weighted by atomic mass is 9.98. The molecular weight excluding hydrogens is 435 g/mol. The minimum atomic E-state index is -3.59. The van der Waals surface area contributed by atoms with Crippen LogP contribution in [0.2, 0.25) is 4.34 Å². The van der Waals surface area contributed by atoms with Crippen LogP contribution in [0.15, 0.2) is 40.6 Å². The SMILES string of the molecule is O=S(=O)(c1ccc(Cl)s1)N1C[C@H]2CCCc3nnc(-c4ccc(F)cc4)n3[C@H]2C1. The summed E-state index contributed by atoms with van der Waals surface area (Å²) in [4.78, 5) is 0. The molecule has 1 saturated heterocycles. The van der Waals surface area contributed by atoms with E-state index in [1.165, 1.54) is 12.1 Å². The van der Waals surface area contributed by atoms with Crippen molar-refractivity contribution in [3.05, 3.63) is 52.4 Å². The van der Waals surface area contributed by atoms with E-state index in [-0.39, 0.29) is 22.0 Å². The van der Waals surface area contributed by atoms with Crippen molar-refractivity contribution in [3.8, 4) is 11.4 Å². The van der Waals surface area contributed by atoms with Gasteiger partial charge in [-0.2, -0.15) is 4.31 Å². The van der Waals surface area contributed by atoms with Gasteiger partial charge in [0.1, 0.15) is 15.9 Å². The van der Waals surface area contributed by atoms with E-state index in [0.29, 0.717) is 23.3 Å². The molecule has 1 fully saturated rings. The van der Waals surface area contributed by atoms with Crippen molar-refractivity contribution in [2.45, 2.75) is 29.5 Å². The molecule has 2 aromatic heterocycles. The fourth-order valence-electron chi connectivity index (χ4n) is 4.31. The molecule has 152 valence electrons. The van der Waals surface area contributed by atoms with Crippen LogP contribution in [0, 0.1) is 11.7 Å². The van der Waals surface area contributed by atoms with E-state index in [1.54, 1.807) is 28.6 Å². The first-order chi connectivity index (χ1) is 13.9. The minimum absolute atomic E-state index is 0.0484. The standard InChI is InChI=1S/C19H18ClFN4O2S2/c20-16-8-9-18(28-16)29(26,27)24-10-13-2-1-3-17-22-23-19(25(17)15(13)11-24)12-4-6-14(21)7-5-12/h4-9,13,15H,1-3,10-11H2/t13-,15+/m1/s1. The lowest BCUT2D eigenvalue weighted by Crippen LogP contribution is -2.29. The van der Waals surface area contributed by atoms with E-state index in [2.05, 4.69) is 14.8 Å². The predicted molar refractivity (Wildman–Crippen MR) is 109 cm³/mol. The van der Waals surface area contributed by atoms with Crippen molar-refractivity contribution >= 4 is 33.0 Å². The van der Waals surface area contributed by atoms with E-state index < -0.39 is 10.0 Å². The first-order valence-electron chi connectivity index (χ1n) is 9.39. The van der Waals surface area contributed by atoms with Crippen molar-refractivity contribution < 1.29 is 12.8 Å². The highest BCUT2D eigenvalue weighted by Crippen LogP contribution is 2.41. The lowest BCUT2D eigenvalue weighted by molar-refractivity contribution is 0.400.